The highest BCUT2D eigenvalue weighted by Gasteiger charge is 2.37. The van der Waals surface area contributed by atoms with Crippen molar-refractivity contribution in [2.24, 2.45) is 0 Å². The third-order valence-corrected chi connectivity index (χ3v) is 6.47. The molecule has 5 rings (SSSR count). The minimum atomic E-state index is -1.08. The van der Waals surface area contributed by atoms with Crippen molar-refractivity contribution in [2.75, 3.05) is 21.3 Å². The maximum absolute atomic E-state index is 13.5. The Morgan fingerprint density at radius 2 is 1.78 bits per heavy atom. The van der Waals surface area contributed by atoms with Gasteiger partial charge in [0.2, 0.25) is 5.75 Å². The number of anilines is 5. The molecule has 0 radical (unpaired) electrons. The number of fused-ring (bicyclic) bond motifs is 1. The number of rotatable bonds is 5. The molecule has 0 atom stereocenters. The zero-order valence-corrected chi connectivity index (χ0v) is 23.6. The first-order valence-corrected chi connectivity index (χ1v) is 13.0. The van der Waals surface area contributed by atoms with Gasteiger partial charge in [0.05, 0.1) is 11.4 Å². The van der Waals surface area contributed by atoms with E-state index in [1.807, 2.05) is 27.7 Å². The van der Waals surface area contributed by atoms with Crippen molar-refractivity contribution in [2.45, 2.75) is 52.6 Å². The van der Waals surface area contributed by atoms with Crippen LogP contribution in [-0.4, -0.2) is 37.3 Å². The number of nitrogens with zero attached hydrogens (tertiary/aromatic N) is 4. The highest BCUT2D eigenvalue weighted by molar-refractivity contribution is 6.01. The van der Waals surface area contributed by atoms with Crippen molar-refractivity contribution in [1.82, 2.24) is 19.7 Å². The lowest BCUT2D eigenvalue weighted by atomic mass is 9.92. The van der Waals surface area contributed by atoms with Gasteiger partial charge in [0, 0.05) is 22.9 Å². The van der Waals surface area contributed by atoms with Crippen molar-refractivity contribution in [3.05, 3.63) is 71.9 Å². The Labute approximate surface area is 236 Å². The van der Waals surface area contributed by atoms with Gasteiger partial charge in [0.25, 0.3) is 5.91 Å². The summed E-state index contributed by atoms with van der Waals surface area (Å²) >= 11 is 0. The molecule has 212 valence electrons. The fourth-order valence-electron chi connectivity index (χ4n) is 4.11. The molecule has 4 N–H and O–H groups in total. The highest BCUT2D eigenvalue weighted by Crippen LogP contribution is 2.38. The van der Waals surface area contributed by atoms with E-state index in [4.69, 9.17) is 4.74 Å². The third kappa shape index (κ3) is 5.81. The summed E-state index contributed by atoms with van der Waals surface area (Å²) < 4.78 is 21.0. The van der Waals surface area contributed by atoms with Crippen LogP contribution in [0.5, 0.6) is 5.75 Å². The maximum Gasteiger partial charge on any atom is 0.324 e. The second-order valence-electron chi connectivity index (χ2n) is 11.3. The number of ether oxygens (including phenoxy) is 1. The van der Waals surface area contributed by atoms with Crippen LogP contribution in [0.15, 0.2) is 54.9 Å². The fourth-order valence-corrected chi connectivity index (χ4v) is 4.11. The maximum atomic E-state index is 13.5. The lowest BCUT2D eigenvalue weighted by molar-refractivity contribution is -0.129. The summed E-state index contributed by atoms with van der Waals surface area (Å²) in [6.45, 7) is 11.3. The number of benzene rings is 2. The summed E-state index contributed by atoms with van der Waals surface area (Å²) in [6.07, 6.45) is 1.33. The van der Waals surface area contributed by atoms with Crippen molar-refractivity contribution < 1.29 is 18.7 Å². The van der Waals surface area contributed by atoms with E-state index < -0.39 is 11.6 Å². The first kappa shape index (κ1) is 27.6. The van der Waals surface area contributed by atoms with Gasteiger partial charge in [-0.05, 0) is 68.8 Å². The van der Waals surface area contributed by atoms with Gasteiger partial charge in [-0.1, -0.05) is 20.8 Å². The smallest absolute Gasteiger partial charge is 0.324 e. The monoisotopic (exact) mass is 558 g/mol. The molecule has 1 aliphatic heterocycles. The van der Waals surface area contributed by atoms with Gasteiger partial charge in [-0.25, -0.2) is 23.8 Å². The molecule has 0 fully saturated rings. The summed E-state index contributed by atoms with van der Waals surface area (Å²) in [4.78, 5) is 33.6. The minimum Gasteiger partial charge on any atom is -0.470 e. The Kier molecular flexibility index (Phi) is 6.85. The fraction of sp³-hybridized carbons (Fsp3) is 0.276. The number of aromatic nitrogens is 4. The molecule has 2 aromatic carbocycles. The van der Waals surface area contributed by atoms with E-state index >= 15 is 0 Å². The molecule has 1 aliphatic rings. The number of urea groups is 1. The number of amides is 3. The Morgan fingerprint density at radius 3 is 2.46 bits per heavy atom. The Bertz CT molecular complexity index is 1640. The number of hydrogen-bond donors (Lipinski definition) is 4. The molecule has 4 aromatic rings. The third-order valence-electron chi connectivity index (χ3n) is 6.47. The van der Waals surface area contributed by atoms with Crippen LogP contribution in [0.2, 0.25) is 0 Å². The standard InChI is InChI=1S/C29H31FN8O3/c1-16-13-18(9-12-20(16)34-24-23-25(32-15-31-24)36-26(39)29(5,6)41-23)33-27(40)35-22-14-21(28(2,3)4)37-38(22)19-10-7-17(30)8-11-19/h7-15H,1-6H3,(H2,33,35,40)(H2,31,32,34,36,39). The number of halogens is 1. The van der Waals surface area contributed by atoms with Gasteiger partial charge in [-0.2, -0.15) is 5.10 Å². The van der Waals surface area contributed by atoms with Crippen LogP contribution >= 0.6 is 0 Å². The van der Waals surface area contributed by atoms with Gasteiger partial charge >= 0.3 is 6.03 Å². The molecule has 3 heterocycles. The van der Waals surface area contributed by atoms with Crippen LogP contribution in [0.4, 0.5) is 38.0 Å². The van der Waals surface area contributed by atoms with E-state index in [1.54, 1.807) is 54.9 Å². The highest BCUT2D eigenvalue weighted by atomic mass is 19.1. The predicted molar refractivity (Wildman–Crippen MR) is 155 cm³/mol. The molecule has 12 heteroatoms. The van der Waals surface area contributed by atoms with Gasteiger partial charge < -0.3 is 20.7 Å². The average Bonchev–Trinajstić information content (AvgIpc) is 3.31. The van der Waals surface area contributed by atoms with E-state index in [-0.39, 0.29) is 23.0 Å². The second kappa shape index (κ2) is 10.2. The lowest BCUT2D eigenvalue weighted by Crippen LogP contribution is -2.46. The summed E-state index contributed by atoms with van der Waals surface area (Å²) in [7, 11) is 0. The number of aryl methyl sites for hydroxylation is 1. The second-order valence-corrected chi connectivity index (χ2v) is 11.3. The van der Waals surface area contributed by atoms with Gasteiger partial charge in [-0.15, -0.1) is 0 Å². The normalized spacial score (nSPS) is 14.0. The molecule has 3 amide bonds. The summed E-state index contributed by atoms with van der Waals surface area (Å²) in [5.74, 6) is 0.806. The Morgan fingerprint density at radius 1 is 1.05 bits per heavy atom. The molecule has 0 saturated heterocycles. The van der Waals surface area contributed by atoms with Gasteiger partial charge in [0.15, 0.2) is 17.2 Å². The van der Waals surface area contributed by atoms with Crippen LogP contribution in [0.3, 0.4) is 0 Å². The first-order chi connectivity index (χ1) is 19.3. The van der Waals surface area contributed by atoms with Crippen molar-refractivity contribution >= 4 is 40.8 Å². The van der Waals surface area contributed by atoms with Crippen molar-refractivity contribution in [3.63, 3.8) is 0 Å². The Hall–Kier alpha value is -5.00. The minimum absolute atomic E-state index is 0.270. The summed E-state index contributed by atoms with van der Waals surface area (Å²) in [5, 5.41) is 16.3. The summed E-state index contributed by atoms with van der Waals surface area (Å²) in [5.41, 5.74) is 2.13. The quantitative estimate of drug-likeness (QED) is 0.239. The number of carbonyl (C=O) groups excluding carboxylic acids is 2. The number of hydrogen-bond acceptors (Lipinski definition) is 7. The SMILES string of the molecule is Cc1cc(NC(=O)Nc2cc(C(C)(C)C)nn2-c2ccc(F)cc2)ccc1Nc1ncnc2c1OC(C)(C)C(=O)N2. The molecule has 0 spiro atoms. The first-order valence-electron chi connectivity index (χ1n) is 13.0. The average molecular weight is 559 g/mol. The van der Waals surface area contributed by atoms with Crippen molar-refractivity contribution in [3.8, 4) is 11.4 Å². The van der Waals surface area contributed by atoms with Gasteiger partial charge in [0.1, 0.15) is 18.0 Å². The largest absolute Gasteiger partial charge is 0.470 e. The summed E-state index contributed by atoms with van der Waals surface area (Å²) in [6, 6.07) is 12.6. The zero-order valence-electron chi connectivity index (χ0n) is 23.6. The van der Waals surface area contributed by atoms with E-state index in [0.717, 1.165) is 16.9 Å². The van der Waals surface area contributed by atoms with E-state index in [1.165, 1.54) is 18.5 Å². The van der Waals surface area contributed by atoms with E-state index in [0.29, 0.717) is 28.8 Å². The molecular weight excluding hydrogens is 527 g/mol. The molecule has 0 unspecified atom stereocenters. The molecule has 0 saturated carbocycles. The number of carbonyl (C=O) groups is 2. The number of nitrogens with one attached hydrogen (secondary N) is 4. The topological polar surface area (TPSA) is 135 Å². The Balaban J connectivity index is 1.33. The van der Waals surface area contributed by atoms with E-state index in [9.17, 15) is 14.0 Å². The molecule has 0 bridgehead atoms. The van der Waals surface area contributed by atoms with E-state index in [2.05, 4.69) is 36.3 Å². The van der Waals surface area contributed by atoms with Crippen LogP contribution in [0.25, 0.3) is 5.69 Å². The predicted octanol–water partition coefficient (Wildman–Crippen LogP) is 5.90. The molecular formula is C29H31FN8O3. The van der Waals surface area contributed by atoms with Crippen LogP contribution in [0, 0.1) is 12.7 Å². The van der Waals surface area contributed by atoms with Gasteiger partial charge in [-0.3, -0.25) is 10.1 Å². The van der Waals surface area contributed by atoms with Crippen LogP contribution < -0.4 is 26.0 Å². The molecule has 11 nitrogen and oxygen atoms in total. The zero-order chi connectivity index (χ0) is 29.5. The van der Waals surface area contributed by atoms with Crippen LogP contribution in [-0.2, 0) is 10.2 Å². The van der Waals surface area contributed by atoms with Crippen molar-refractivity contribution in [1.29, 1.82) is 0 Å². The molecule has 2 aromatic heterocycles. The lowest BCUT2D eigenvalue weighted by Gasteiger charge is -2.31. The molecule has 41 heavy (non-hydrogen) atoms. The molecule has 0 aliphatic carbocycles. The van der Waals surface area contributed by atoms with Crippen LogP contribution in [0.1, 0.15) is 45.9 Å².